The van der Waals surface area contributed by atoms with E-state index in [4.69, 9.17) is 4.74 Å². The van der Waals surface area contributed by atoms with Gasteiger partial charge in [-0.3, -0.25) is 4.79 Å². The zero-order chi connectivity index (χ0) is 12.8. The van der Waals surface area contributed by atoms with Gasteiger partial charge in [0.05, 0.1) is 6.61 Å². The second-order valence-corrected chi connectivity index (χ2v) is 5.99. The number of Topliss-reactive ketones (excluding diaryl/α,β-unsaturated/α-hetero) is 1. The summed E-state index contributed by atoms with van der Waals surface area (Å²) in [6.45, 7) is 4.16. The third-order valence-corrected chi connectivity index (χ3v) is 4.42. The first kappa shape index (κ1) is 14.0. The molecule has 1 aliphatic carbocycles. The van der Waals surface area contributed by atoms with Crippen molar-refractivity contribution in [2.45, 2.75) is 44.9 Å². The van der Waals surface area contributed by atoms with Gasteiger partial charge in [0.1, 0.15) is 5.78 Å². The van der Waals surface area contributed by atoms with Crippen LogP contribution in [0.5, 0.6) is 0 Å². The molecular formula is C15H27NO2. The van der Waals surface area contributed by atoms with E-state index in [1.807, 2.05) is 0 Å². The maximum atomic E-state index is 12.0. The lowest BCUT2D eigenvalue weighted by atomic mass is 9.94. The van der Waals surface area contributed by atoms with Crippen LogP contribution in [0.3, 0.4) is 0 Å². The number of ether oxygens (including phenoxy) is 1. The Hall–Kier alpha value is -0.410. The molecule has 3 nitrogen and oxygen atoms in total. The van der Waals surface area contributed by atoms with Crippen LogP contribution in [0.2, 0.25) is 0 Å². The zero-order valence-corrected chi connectivity index (χ0v) is 11.7. The van der Waals surface area contributed by atoms with Gasteiger partial charge in [0.2, 0.25) is 0 Å². The molecule has 2 atom stereocenters. The summed E-state index contributed by atoms with van der Waals surface area (Å²) in [6.07, 6.45) is 8.07. The van der Waals surface area contributed by atoms with Crippen molar-refractivity contribution in [2.24, 2.45) is 11.8 Å². The predicted octanol–water partition coefficient (Wildman–Crippen LogP) is 2.49. The summed E-state index contributed by atoms with van der Waals surface area (Å²) in [7, 11) is 1.79. The molecular weight excluding hydrogens is 226 g/mol. The molecule has 0 radical (unpaired) electrons. The van der Waals surface area contributed by atoms with E-state index >= 15 is 0 Å². The van der Waals surface area contributed by atoms with Crippen molar-refractivity contribution in [3.63, 3.8) is 0 Å². The molecule has 2 fully saturated rings. The summed E-state index contributed by atoms with van der Waals surface area (Å²) in [6, 6.07) is 0. The lowest BCUT2D eigenvalue weighted by Crippen LogP contribution is -2.41. The van der Waals surface area contributed by atoms with Crippen molar-refractivity contribution in [2.75, 3.05) is 33.4 Å². The highest BCUT2D eigenvalue weighted by Gasteiger charge is 2.26. The predicted molar refractivity (Wildman–Crippen MR) is 72.6 cm³/mol. The quantitative estimate of drug-likeness (QED) is 0.721. The number of piperidine rings is 1. The van der Waals surface area contributed by atoms with Gasteiger partial charge in [-0.05, 0) is 38.1 Å². The number of rotatable bonds is 4. The third-order valence-electron chi connectivity index (χ3n) is 4.42. The van der Waals surface area contributed by atoms with Gasteiger partial charge in [-0.1, -0.05) is 12.8 Å². The van der Waals surface area contributed by atoms with Crippen molar-refractivity contribution >= 4 is 5.78 Å². The Bertz CT molecular complexity index is 265. The third kappa shape index (κ3) is 4.06. The first-order valence-electron chi connectivity index (χ1n) is 7.53. The summed E-state index contributed by atoms with van der Waals surface area (Å²) < 4.78 is 5.27. The number of carbonyl (C=O) groups excluding carboxylic acids is 1. The highest BCUT2D eigenvalue weighted by molar-refractivity contribution is 5.81. The number of carbonyl (C=O) groups is 1. The largest absolute Gasteiger partial charge is 0.384 e. The molecule has 0 aromatic heterocycles. The Balaban J connectivity index is 1.81. The molecule has 3 heteroatoms. The van der Waals surface area contributed by atoms with E-state index in [2.05, 4.69) is 4.90 Å². The minimum Gasteiger partial charge on any atom is -0.384 e. The molecule has 1 saturated carbocycles. The fourth-order valence-electron chi connectivity index (χ4n) is 3.43. The van der Waals surface area contributed by atoms with Gasteiger partial charge in [-0.2, -0.15) is 0 Å². The van der Waals surface area contributed by atoms with Gasteiger partial charge in [-0.15, -0.1) is 0 Å². The summed E-state index contributed by atoms with van der Waals surface area (Å²) in [4.78, 5) is 14.5. The van der Waals surface area contributed by atoms with Gasteiger partial charge in [0.25, 0.3) is 0 Å². The van der Waals surface area contributed by atoms with Crippen LogP contribution in [-0.4, -0.2) is 44.0 Å². The molecule has 1 saturated heterocycles. The average molecular weight is 253 g/mol. The Labute approximate surface area is 111 Å². The first-order valence-corrected chi connectivity index (χ1v) is 7.53. The minimum atomic E-state index is 0.314. The lowest BCUT2D eigenvalue weighted by Gasteiger charge is -2.34. The van der Waals surface area contributed by atoms with E-state index in [0.29, 0.717) is 17.6 Å². The van der Waals surface area contributed by atoms with Crippen LogP contribution in [0, 0.1) is 11.8 Å². The van der Waals surface area contributed by atoms with Crippen molar-refractivity contribution in [3.8, 4) is 0 Å². The van der Waals surface area contributed by atoms with Crippen LogP contribution >= 0.6 is 0 Å². The SMILES string of the molecule is COCC1CCCN(CC2CCCCCC2=O)C1. The maximum Gasteiger partial charge on any atom is 0.137 e. The second kappa shape index (κ2) is 7.25. The smallest absolute Gasteiger partial charge is 0.137 e. The number of likely N-dealkylation sites (tertiary alicyclic amines) is 1. The summed E-state index contributed by atoms with van der Waals surface area (Å²) in [5.74, 6) is 1.50. The van der Waals surface area contributed by atoms with Crippen molar-refractivity contribution in [1.82, 2.24) is 4.90 Å². The fourth-order valence-corrected chi connectivity index (χ4v) is 3.43. The molecule has 104 valence electrons. The second-order valence-electron chi connectivity index (χ2n) is 5.99. The molecule has 2 aliphatic rings. The summed E-state index contributed by atoms with van der Waals surface area (Å²) in [5, 5.41) is 0. The molecule has 2 rings (SSSR count). The average Bonchev–Trinajstić information content (AvgIpc) is 2.56. The number of hydrogen-bond donors (Lipinski definition) is 0. The Morgan fingerprint density at radius 1 is 1.22 bits per heavy atom. The Morgan fingerprint density at radius 3 is 2.94 bits per heavy atom. The van der Waals surface area contributed by atoms with Gasteiger partial charge in [0, 0.05) is 32.5 Å². The Kier molecular flexibility index (Phi) is 5.64. The van der Waals surface area contributed by atoms with Crippen molar-refractivity contribution in [3.05, 3.63) is 0 Å². The standard InChI is InChI=1S/C15H27NO2/c1-18-12-13-6-5-9-16(10-13)11-14-7-3-2-4-8-15(14)17/h13-14H,2-12H2,1H3. The monoisotopic (exact) mass is 253 g/mol. The zero-order valence-electron chi connectivity index (χ0n) is 11.7. The Morgan fingerprint density at radius 2 is 2.11 bits per heavy atom. The lowest BCUT2D eigenvalue weighted by molar-refractivity contribution is -0.123. The van der Waals surface area contributed by atoms with Crippen LogP contribution in [0.25, 0.3) is 0 Å². The minimum absolute atomic E-state index is 0.314. The van der Waals surface area contributed by atoms with Gasteiger partial charge in [-0.25, -0.2) is 0 Å². The van der Waals surface area contributed by atoms with E-state index < -0.39 is 0 Å². The topological polar surface area (TPSA) is 29.5 Å². The molecule has 18 heavy (non-hydrogen) atoms. The van der Waals surface area contributed by atoms with E-state index in [9.17, 15) is 4.79 Å². The van der Waals surface area contributed by atoms with E-state index in [-0.39, 0.29) is 0 Å². The van der Waals surface area contributed by atoms with Crippen LogP contribution in [0.1, 0.15) is 44.9 Å². The van der Waals surface area contributed by atoms with Crippen LogP contribution < -0.4 is 0 Å². The van der Waals surface area contributed by atoms with Crippen molar-refractivity contribution < 1.29 is 9.53 Å². The molecule has 0 bridgehead atoms. The number of hydrogen-bond acceptors (Lipinski definition) is 3. The van der Waals surface area contributed by atoms with Gasteiger partial charge >= 0.3 is 0 Å². The number of ketones is 1. The molecule has 0 N–H and O–H groups in total. The highest BCUT2D eigenvalue weighted by atomic mass is 16.5. The molecule has 1 heterocycles. The van der Waals surface area contributed by atoms with E-state index in [0.717, 1.165) is 39.0 Å². The fraction of sp³-hybridized carbons (Fsp3) is 0.933. The van der Waals surface area contributed by atoms with Crippen LogP contribution in [-0.2, 0) is 9.53 Å². The summed E-state index contributed by atoms with van der Waals surface area (Å²) in [5.41, 5.74) is 0. The van der Waals surface area contributed by atoms with Crippen LogP contribution in [0.15, 0.2) is 0 Å². The van der Waals surface area contributed by atoms with Crippen molar-refractivity contribution in [1.29, 1.82) is 0 Å². The molecule has 0 spiro atoms. The molecule has 0 aromatic rings. The van der Waals surface area contributed by atoms with Gasteiger partial charge < -0.3 is 9.64 Å². The van der Waals surface area contributed by atoms with E-state index in [1.165, 1.54) is 32.2 Å². The number of nitrogens with zero attached hydrogens (tertiary/aromatic N) is 1. The maximum absolute atomic E-state index is 12.0. The van der Waals surface area contributed by atoms with Crippen LogP contribution in [0.4, 0.5) is 0 Å². The molecule has 2 unspecified atom stereocenters. The summed E-state index contributed by atoms with van der Waals surface area (Å²) >= 11 is 0. The number of methoxy groups -OCH3 is 1. The van der Waals surface area contributed by atoms with Gasteiger partial charge in [0.15, 0.2) is 0 Å². The first-order chi connectivity index (χ1) is 8.79. The molecule has 1 aliphatic heterocycles. The van der Waals surface area contributed by atoms with E-state index in [1.54, 1.807) is 7.11 Å². The molecule has 0 aromatic carbocycles. The molecule has 0 amide bonds. The highest BCUT2D eigenvalue weighted by Crippen LogP contribution is 2.23. The normalized spacial score (nSPS) is 31.3.